The van der Waals surface area contributed by atoms with Crippen LogP contribution in [0.4, 0.5) is 0 Å². The van der Waals surface area contributed by atoms with Crippen molar-refractivity contribution in [1.29, 1.82) is 0 Å². The first-order valence-electron chi connectivity index (χ1n) is 10.7. The summed E-state index contributed by atoms with van der Waals surface area (Å²) in [4.78, 5) is 26.3. The minimum absolute atomic E-state index is 0.213. The van der Waals surface area contributed by atoms with Crippen LogP contribution < -0.4 is 5.56 Å². The molecule has 5 aromatic rings. The summed E-state index contributed by atoms with van der Waals surface area (Å²) in [6.45, 7) is 0. The van der Waals surface area contributed by atoms with Crippen LogP contribution in [0.25, 0.3) is 22.3 Å². The number of nitrogens with zero attached hydrogens (tertiary/aromatic N) is 5. The van der Waals surface area contributed by atoms with Crippen molar-refractivity contribution in [2.75, 3.05) is 0 Å². The van der Waals surface area contributed by atoms with Gasteiger partial charge in [0, 0.05) is 30.7 Å². The summed E-state index contributed by atoms with van der Waals surface area (Å²) in [7, 11) is 3.47. The van der Waals surface area contributed by atoms with E-state index in [2.05, 4.69) is 15.9 Å². The number of hydrogen-bond acceptors (Lipinski definition) is 5. The fraction of sp³-hybridized carbons (Fsp3) is 0.111. The molecule has 5 rings (SSSR count). The Hall–Kier alpha value is -4.25. The van der Waals surface area contributed by atoms with E-state index in [0.29, 0.717) is 50.0 Å². The Morgan fingerprint density at radius 3 is 2.51 bits per heavy atom. The highest BCUT2D eigenvalue weighted by molar-refractivity contribution is 6.30. The van der Waals surface area contributed by atoms with Gasteiger partial charge in [-0.3, -0.25) is 4.79 Å². The Bertz CT molecular complexity index is 1680. The average molecular weight is 482 g/mol. The Kier molecular flexibility index (Phi) is 5.48. The van der Waals surface area contributed by atoms with E-state index < -0.39 is 5.60 Å². The van der Waals surface area contributed by atoms with Crippen LogP contribution in [0, 0.1) is 12.3 Å². The molecule has 0 unspecified atom stereocenters. The molecule has 0 radical (unpaired) electrons. The minimum Gasteiger partial charge on any atom is -0.373 e. The maximum Gasteiger partial charge on any atom is 0.251 e. The van der Waals surface area contributed by atoms with Crippen molar-refractivity contribution in [3.8, 4) is 23.6 Å². The van der Waals surface area contributed by atoms with Crippen LogP contribution in [0.2, 0.25) is 5.02 Å². The molecule has 0 aliphatic rings. The molecular formula is C27H20ClN5O2. The minimum atomic E-state index is -1.65. The summed E-state index contributed by atoms with van der Waals surface area (Å²) in [5.41, 5.74) is 2.15. The third-order valence-electron chi connectivity index (χ3n) is 6.08. The lowest BCUT2D eigenvalue weighted by atomic mass is 9.86. The molecule has 35 heavy (non-hydrogen) atoms. The summed E-state index contributed by atoms with van der Waals surface area (Å²) in [6.07, 6.45) is 8.75. The maximum absolute atomic E-state index is 12.7. The van der Waals surface area contributed by atoms with Gasteiger partial charge >= 0.3 is 0 Å². The number of halogens is 1. The molecule has 4 aromatic heterocycles. The monoisotopic (exact) mass is 481 g/mol. The Labute approximate surface area is 206 Å². The quantitative estimate of drug-likeness (QED) is 0.396. The normalized spacial score (nSPS) is 12.9. The van der Waals surface area contributed by atoms with Crippen molar-refractivity contribution in [1.82, 2.24) is 24.1 Å². The highest BCUT2D eigenvalue weighted by Gasteiger charge is 2.38. The van der Waals surface area contributed by atoms with Gasteiger partial charge in [0.2, 0.25) is 0 Å². The molecule has 0 amide bonds. The van der Waals surface area contributed by atoms with Gasteiger partial charge in [0.1, 0.15) is 5.69 Å². The van der Waals surface area contributed by atoms with Crippen molar-refractivity contribution in [2.24, 2.45) is 14.1 Å². The first-order valence-corrected chi connectivity index (χ1v) is 11.1. The molecule has 1 atom stereocenters. The number of fused-ring (bicyclic) bond motifs is 1. The van der Waals surface area contributed by atoms with Crippen molar-refractivity contribution >= 4 is 22.6 Å². The lowest BCUT2D eigenvalue weighted by molar-refractivity contribution is 0.113. The molecule has 4 heterocycles. The predicted molar refractivity (Wildman–Crippen MR) is 135 cm³/mol. The summed E-state index contributed by atoms with van der Waals surface area (Å²) in [5, 5.41) is 12.8. The van der Waals surface area contributed by atoms with Gasteiger partial charge in [0.05, 0.1) is 40.6 Å². The molecule has 8 heteroatoms. The number of benzene rings is 1. The first-order chi connectivity index (χ1) is 16.8. The van der Waals surface area contributed by atoms with Crippen LogP contribution in [0.15, 0.2) is 78.0 Å². The Morgan fingerprint density at radius 1 is 1.06 bits per heavy atom. The molecule has 0 bridgehead atoms. The number of imidazole rings is 1. The number of aliphatic hydroxyl groups is 1. The molecule has 1 aromatic carbocycles. The van der Waals surface area contributed by atoms with Crippen LogP contribution in [0.5, 0.6) is 0 Å². The largest absolute Gasteiger partial charge is 0.373 e. The number of aromatic nitrogens is 5. The smallest absolute Gasteiger partial charge is 0.251 e. The molecule has 0 saturated carbocycles. The molecule has 0 spiro atoms. The third kappa shape index (κ3) is 3.69. The van der Waals surface area contributed by atoms with E-state index in [-0.39, 0.29) is 5.56 Å². The van der Waals surface area contributed by atoms with E-state index >= 15 is 0 Å². The highest BCUT2D eigenvalue weighted by atomic mass is 35.5. The summed E-state index contributed by atoms with van der Waals surface area (Å²) >= 11 is 6.12. The van der Waals surface area contributed by atoms with Crippen LogP contribution in [-0.2, 0) is 19.7 Å². The molecule has 172 valence electrons. The molecule has 7 nitrogen and oxygen atoms in total. The summed E-state index contributed by atoms with van der Waals surface area (Å²) in [6, 6.07) is 17.2. The highest BCUT2D eigenvalue weighted by Crippen LogP contribution is 2.37. The van der Waals surface area contributed by atoms with Crippen molar-refractivity contribution in [2.45, 2.75) is 5.60 Å². The van der Waals surface area contributed by atoms with Gasteiger partial charge in [0.25, 0.3) is 5.56 Å². The summed E-state index contributed by atoms with van der Waals surface area (Å²) in [5.74, 6) is 2.52. The first kappa shape index (κ1) is 22.5. The number of hydrogen-bond donors (Lipinski definition) is 1. The van der Waals surface area contributed by atoms with E-state index in [4.69, 9.17) is 23.0 Å². The molecule has 0 aliphatic carbocycles. The van der Waals surface area contributed by atoms with E-state index in [9.17, 15) is 9.90 Å². The Morgan fingerprint density at radius 2 is 1.83 bits per heavy atom. The number of pyridine rings is 3. The molecule has 1 N–H and O–H groups in total. The van der Waals surface area contributed by atoms with Gasteiger partial charge in [-0.05, 0) is 42.0 Å². The van der Waals surface area contributed by atoms with Crippen LogP contribution >= 0.6 is 11.6 Å². The van der Waals surface area contributed by atoms with E-state index in [1.165, 1.54) is 10.6 Å². The van der Waals surface area contributed by atoms with Crippen LogP contribution in [0.3, 0.4) is 0 Å². The Balaban J connectivity index is 1.84. The summed E-state index contributed by atoms with van der Waals surface area (Å²) < 4.78 is 3.24. The molecule has 0 saturated heterocycles. The van der Waals surface area contributed by atoms with Crippen LogP contribution in [0.1, 0.15) is 22.6 Å². The average Bonchev–Trinajstić information content (AvgIpc) is 3.32. The zero-order valence-corrected chi connectivity index (χ0v) is 19.7. The topological polar surface area (TPSA) is 85.8 Å². The lowest BCUT2D eigenvalue weighted by Gasteiger charge is -2.29. The van der Waals surface area contributed by atoms with Gasteiger partial charge in [-0.1, -0.05) is 35.7 Å². The van der Waals surface area contributed by atoms with Gasteiger partial charge in [-0.2, -0.15) is 0 Å². The second-order valence-electron chi connectivity index (χ2n) is 8.18. The van der Waals surface area contributed by atoms with E-state index in [1.54, 1.807) is 85.8 Å². The fourth-order valence-electron chi connectivity index (χ4n) is 4.21. The van der Waals surface area contributed by atoms with Crippen molar-refractivity contribution < 1.29 is 5.11 Å². The second kappa shape index (κ2) is 8.51. The van der Waals surface area contributed by atoms with Crippen LogP contribution in [-0.4, -0.2) is 29.2 Å². The molecule has 0 fully saturated rings. The number of rotatable bonds is 4. The fourth-order valence-corrected chi connectivity index (χ4v) is 4.34. The number of terminal acetylenes is 1. The molecule has 0 aliphatic heterocycles. The number of aryl methyl sites for hydroxylation is 2. The lowest BCUT2D eigenvalue weighted by Crippen LogP contribution is -2.32. The zero-order valence-electron chi connectivity index (χ0n) is 19.0. The molecular weight excluding hydrogens is 462 g/mol. The third-order valence-corrected chi connectivity index (χ3v) is 6.33. The van der Waals surface area contributed by atoms with Gasteiger partial charge in [-0.15, -0.1) is 6.42 Å². The SMILES string of the molecule is C#Cc1cccc(-c2cc(=O)n(C)c3ccc([C@](O)(c4ccc(Cl)cc4)c4cncn4C)nc23)n1. The van der Waals surface area contributed by atoms with Gasteiger partial charge in [0.15, 0.2) is 5.60 Å². The van der Waals surface area contributed by atoms with Crippen molar-refractivity contribution in [3.05, 3.63) is 111 Å². The zero-order chi connectivity index (χ0) is 24.7. The van der Waals surface area contributed by atoms with E-state index in [0.717, 1.165) is 0 Å². The van der Waals surface area contributed by atoms with Gasteiger partial charge < -0.3 is 14.2 Å². The standard InChI is InChI=1S/C27H20ClN5O2/c1-4-19-6-5-7-21(30-19)20-14-25(34)33(3)22-12-13-23(31-26(20)22)27(35,24-15-29-16-32(24)2)17-8-10-18(28)11-9-17/h1,5-16,35H,2-3H3/t27-/m1/s1. The maximum atomic E-state index is 12.7. The van der Waals surface area contributed by atoms with Crippen molar-refractivity contribution in [3.63, 3.8) is 0 Å². The van der Waals surface area contributed by atoms with E-state index in [1.807, 2.05) is 0 Å². The predicted octanol–water partition coefficient (Wildman–Crippen LogP) is 3.65. The van der Waals surface area contributed by atoms with Gasteiger partial charge in [-0.25, -0.2) is 15.0 Å². The second-order valence-corrected chi connectivity index (χ2v) is 8.62.